The Kier molecular flexibility index (Phi) is 2.84. The summed E-state index contributed by atoms with van der Waals surface area (Å²) in [6.07, 6.45) is -1.09. The van der Waals surface area contributed by atoms with E-state index in [1.807, 2.05) is 0 Å². The van der Waals surface area contributed by atoms with Gasteiger partial charge >= 0.3 is 6.03 Å². The Labute approximate surface area is 75.1 Å². The molecule has 1 aliphatic rings. The molecule has 0 aromatic carbocycles. The largest absolute Gasteiger partial charge is 0.394 e. The summed E-state index contributed by atoms with van der Waals surface area (Å²) in [7, 11) is 0. The van der Waals surface area contributed by atoms with Crippen molar-refractivity contribution in [1.82, 2.24) is 10.2 Å². The van der Waals surface area contributed by atoms with Gasteiger partial charge in [-0.3, -0.25) is 9.69 Å². The third-order valence-electron chi connectivity index (χ3n) is 2.03. The predicted octanol–water partition coefficient (Wildman–Crippen LogP) is -1.72. The first-order valence-electron chi connectivity index (χ1n) is 3.96. The maximum Gasteiger partial charge on any atom is 0.324 e. The first-order chi connectivity index (χ1) is 6.07. The molecule has 0 aliphatic carbocycles. The highest BCUT2D eigenvalue weighted by molar-refractivity contribution is 6.02. The lowest BCUT2D eigenvalue weighted by molar-refractivity contribution is -0.128. The Hall–Kier alpha value is -1.14. The van der Waals surface area contributed by atoms with Crippen molar-refractivity contribution < 1.29 is 19.8 Å². The van der Waals surface area contributed by atoms with Crippen LogP contribution in [-0.2, 0) is 4.79 Å². The molecule has 1 heterocycles. The first kappa shape index (κ1) is 9.94. The number of carbonyl (C=O) groups is 2. The molecule has 2 unspecified atom stereocenters. The first-order valence-corrected chi connectivity index (χ1v) is 3.96. The van der Waals surface area contributed by atoms with Gasteiger partial charge in [-0.2, -0.15) is 0 Å². The highest BCUT2D eigenvalue weighted by Gasteiger charge is 2.35. The van der Waals surface area contributed by atoms with Gasteiger partial charge in [-0.25, -0.2) is 4.79 Å². The van der Waals surface area contributed by atoms with Crippen LogP contribution in [0.2, 0.25) is 0 Å². The van der Waals surface area contributed by atoms with Crippen LogP contribution in [0.5, 0.6) is 0 Å². The van der Waals surface area contributed by atoms with Crippen molar-refractivity contribution in [2.75, 3.05) is 13.2 Å². The lowest BCUT2D eigenvalue weighted by Crippen LogP contribution is -2.46. The molecular weight excluding hydrogens is 176 g/mol. The van der Waals surface area contributed by atoms with Gasteiger partial charge in [-0.05, 0) is 6.92 Å². The van der Waals surface area contributed by atoms with Gasteiger partial charge in [0.25, 0.3) is 0 Å². The number of hydrogen-bond donors (Lipinski definition) is 3. The van der Waals surface area contributed by atoms with E-state index in [4.69, 9.17) is 5.11 Å². The molecule has 1 aliphatic heterocycles. The van der Waals surface area contributed by atoms with Crippen molar-refractivity contribution in [2.24, 2.45) is 0 Å². The van der Waals surface area contributed by atoms with E-state index in [2.05, 4.69) is 5.32 Å². The normalized spacial score (nSPS) is 21.6. The van der Waals surface area contributed by atoms with Crippen molar-refractivity contribution in [1.29, 1.82) is 0 Å². The second kappa shape index (κ2) is 3.71. The molecule has 6 nitrogen and oxygen atoms in total. The molecule has 1 fully saturated rings. The van der Waals surface area contributed by atoms with Gasteiger partial charge in [0.05, 0.1) is 25.3 Å². The molecule has 1 rings (SSSR count). The molecule has 2 atom stereocenters. The summed E-state index contributed by atoms with van der Waals surface area (Å²) >= 11 is 0. The minimum absolute atomic E-state index is 0.0404. The SMILES string of the molecule is CC(C(O)CO)N1C(=O)CNC1=O. The molecule has 0 radical (unpaired) electrons. The van der Waals surface area contributed by atoms with Crippen molar-refractivity contribution in [3.8, 4) is 0 Å². The van der Waals surface area contributed by atoms with E-state index in [-0.39, 0.29) is 12.5 Å². The van der Waals surface area contributed by atoms with Crippen LogP contribution >= 0.6 is 0 Å². The van der Waals surface area contributed by atoms with E-state index in [0.717, 1.165) is 4.90 Å². The number of aliphatic hydroxyl groups excluding tert-OH is 2. The molecule has 0 aromatic rings. The fourth-order valence-corrected chi connectivity index (χ4v) is 1.17. The average Bonchev–Trinajstić information content (AvgIpc) is 2.44. The summed E-state index contributed by atoms with van der Waals surface area (Å²) in [5, 5.41) is 20.1. The summed E-state index contributed by atoms with van der Waals surface area (Å²) in [6, 6.07) is -1.22. The van der Waals surface area contributed by atoms with Crippen molar-refractivity contribution in [3.63, 3.8) is 0 Å². The molecule has 3 N–H and O–H groups in total. The number of nitrogens with one attached hydrogen (secondary N) is 1. The van der Waals surface area contributed by atoms with E-state index in [1.54, 1.807) is 0 Å². The van der Waals surface area contributed by atoms with E-state index >= 15 is 0 Å². The minimum Gasteiger partial charge on any atom is -0.394 e. The Morgan fingerprint density at radius 3 is 2.62 bits per heavy atom. The third kappa shape index (κ3) is 1.78. The van der Waals surface area contributed by atoms with Crippen molar-refractivity contribution >= 4 is 11.9 Å². The number of rotatable bonds is 3. The molecule has 1 saturated heterocycles. The monoisotopic (exact) mass is 188 g/mol. The number of urea groups is 1. The second-order valence-corrected chi connectivity index (χ2v) is 2.91. The Balaban J connectivity index is 2.69. The number of hydrogen-bond acceptors (Lipinski definition) is 4. The van der Waals surface area contributed by atoms with Crippen molar-refractivity contribution in [3.05, 3.63) is 0 Å². The topological polar surface area (TPSA) is 89.9 Å². The third-order valence-corrected chi connectivity index (χ3v) is 2.03. The maximum absolute atomic E-state index is 11.1. The summed E-state index contributed by atoms with van der Waals surface area (Å²) in [4.78, 5) is 23.1. The number of amides is 3. The summed E-state index contributed by atoms with van der Waals surface area (Å²) in [5.41, 5.74) is 0. The van der Waals surface area contributed by atoms with Gasteiger partial charge in [0, 0.05) is 0 Å². The van der Waals surface area contributed by atoms with Crippen LogP contribution in [0.15, 0.2) is 0 Å². The van der Waals surface area contributed by atoms with E-state index < -0.39 is 24.8 Å². The summed E-state index contributed by atoms with van der Waals surface area (Å²) < 4.78 is 0. The van der Waals surface area contributed by atoms with Gasteiger partial charge in [-0.1, -0.05) is 0 Å². The highest BCUT2D eigenvalue weighted by atomic mass is 16.3. The predicted molar refractivity (Wildman–Crippen MR) is 42.8 cm³/mol. The average molecular weight is 188 g/mol. The zero-order valence-electron chi connectivity index (χ0n) is 7.23. The standard InChI is InChI=1S/C7H12N2O4/c1-4(5(11)3-10)9-6(12)2-8-7(9)13/h4-5,10-11H,2-3H2,1H3,(H,8,13). The fourth-order valence-electron chi connectivity index (χ4n) is 1.17. The molecule has 0 aromatic heterocycles. The Morgan fingerprint density at radius 1 is 1.62 bits per heavy atom. The van der Waals surface area contributed by atoms with Crippen LogP contribution < -0.4 is 5.32 Å². The summed E-state index contributed by atoms with van der Waals surface area (Å²) in [5.74, 6) is -0.384. The molecular formula is C7H12N2O4. The van der Waals surface area contributed by atoms with Gasteiger partial charge in [0.1, 0.15) is 0 Å². The molecule has 0 saturated carbocycles. The molecule has 74 valence electrons. The van der Waals surface area contributed by atoms with E-state index in [0.29, 0.717) is 0 Å². The molecule has 6 heteroatoms. The fraction of sp³-hybridized carbons (Fsp3) is 0.714. The van der Waals surface area contributed by atoms with Gasteiger partial charge in [-0.15, -0.1) is 0 Å². The van der Waals surface area contributed by atoms with Crippen LogP contribution in [0.1, 0.15) is 6.92 Å². The number of imide groups is 1. The second-order valence-electron chi connectivity index (χ2n) is 2.91. The van der Waals surface area contributed by atoms with Gasteiger partial charge in [0.15, 0.2) is 0 Å². The number of aliphatic hydroxyl groups is 2. The van der Waals surface area contributed by atoms with E-state index in [9.17, 15) is 14.7 Å². The van der Waals surface area contributed by atoms with Crippen LogP contribution in [0.25, 0.3) is 0 Å². The maximum atomic E-state index is 11.1. The zero-order valence-corrected chi connectivity index (χ0v) is 7.23. The number of carbonyl (C=O) groups excluding carboxylic acids is 2. The zero-order chi connectivity index (χ0) is 10.0. The van der Waals surface area contributed by atoms with Crippen LogP contribution in [0.4, 0.5) is 4.79 Å². The smallest absolute Gasteiger partial charge is 0.324 e. The van der Waals surface area contributed by atoms with Crippen LogP contribution in [-0.4, -0.2) is 52.3 Å². The van der Waals surface area contributed by atoms with Crippen LogP contribution in [0.3, 0.4) is 0 Å². The van der Waals surface area contributed by atoms with Crippen molar-refractivity contribution in [2.45, 2.75) is 19.1 Å². The van der Waals surface area contributed by atoms with E-state index in [1.165, 1.54) is 6.92 Å². The quantitative estimate of drug-likeness (QED) is 0.459. The highest BCUT2D eigenvalue weighted by Crippen LogP contribution is 2.08. The minimum atomic E-state index is -1.09. The Bertz CT molecular complexity index is 215. The Morgan fingerprint density at radius 2 is 2.23 bits per heavy atom. The molecule has 3 amide bonds. The van der Waals surface area contributed by atoms with Gasteiger partial charge in [0.2, 0.25) is 5.91 Å². The van der Waals surface area contributed by atoms with Crippen LogP contribution in [0, 0.1) is 0 Å². The molecule has 0 spiro atoms. The molecule has 13 heavy (non-hydrogen) atoms. The lowest BCUT2D eigenvalue weighted by atomic mass is 10.2. The van der Waals surface area contributed by atoms with Gasteiger partial charge < -0.3 is 15.5 Å². The number of nitrogens with zero attached hydrogens (tertiary/aromatic N) is 1. The lowest BCUT2D eigenvalue weighted by Gasteiger charge is -2.24. The summed E-state index contributed by atoms with van der Waals surface area (Å²) in [6.45, 7) is 0.989. The molecule has 0 bridgehead atoms.